The summed E-state index contributed by atoms with van der Waals surface area (Å²) in [4.78, 5) is 58.0. The molecule has 2 aliphatic heterocycles. The summed E-state index contributed by atoms with van der Waals surface area (Å²) in [6, 6.07) is 21.3. The van der Waals surface area contributed by atoms with Gasteiger partial charge in [0.2, 0.25) is 11.8 Å². The van der Waals surface area contributed by atoms with Crippen molar-refractivity contribution < 1.29 is 24.2 Å². The van der Waals surface area contributed by atoms with Gasteiger partial charge in [-0.25, -0.2) is 0 Å². The molecular formula is C34H29N3O6S2. The molecule has 3 aromatic carbocycles. The van der Waals surface area contributed by atoms with Gasteiger partial charge in [0.05, 0.1) is 22.5 Å². The smallest absolute Gasteiger partial charge is 0.305 e. The first-order chi connectivity index (χ1) is 21.8. The molecule has 0 spiro atoms. The van der Waals surface area contributed by atoms with Crippen LogP contribution in [-0.2, 0) is 14.4 Å². The number of aryl methyl sites for hydroxylation is 1. The van der Waals surface area contributed by atoms with Crippen molar-refractivity contribution in [1.82, 2.24) is 4.98 Å². The van der Waals surface area contributed by atoms with E-state index in [9.17, 15) is 24.3 Å². The Labute approximate surface area is 266 Å². The Hall–Kier alpha value is -4.35. The molecule has 3 amide bonds. The second-order valence-corrected chi connectivity index (χ2v) is 14.5. The van der Waals surface area contributed by atoms with Gasteiger partial charge < -0.3 is 20.1 Å². The van der Waals surface area contributed by atoms with Crippen LogP contribution in [0.25, 0.3) is 0 Å². The number of nitrogens with zero attached hydrogens (tertiary/aromatic N) is 1. The predicted octanol–water partition coefficient (Wildman–Crippen LogP) is 5.15. The molecule has 8 rings (SSSR count). The third-order valence-corrected chi connectivity index (χ3v) is 12.4. The summed E-state index contributed by atoms with van der Waals surface area (Å²) >= 11 is 2.89. The Morgan fingerprint density at radius 3 is 2.36 bits per heavy atom. The number of imide groups is 1. The van der Waals surface area contributed by atoms with Gasteiger partial charge in [-0.1, -0.05) is 41.2 Å². The number of aromatic nitrogens is 1. The van der Waals surface area contributed by atoms with Crippen LogP contribution in [0.3, 0.4) is 0 Å². The molecule has 2 saturated carbocycles. The number of fused-ring (bicyclic) bond motifs is 9. The number of hydrogen-bond acceptors (Lipinski definition) is 8. The number of aromatic amines is 1. The summed E-state index contributed by atoms with van der Waals surface area (Å²) in [6.07, 6.45) is 0.823. The number of benzene rings is 3. The number of ether oxygens (including phenoxy) is 1. The number of hydrogen-bond donors (Lipinski definition) is 3. The highest BCUT2D eigenvalue weighted by atomic mass is 32.2. The first kappa shape index (κ1) is 28.1. The highest BCUT2D eigenvalue weighted by molar-refractivity contribution is 8.00. The normalized spacial score (nSPS) is 27.7. The summed E-state index contributed by atoms with van der Waals surface area (Å²) in [5, 5.41) is 13.1. The van der Waals surface area contributed by atoms with E-state index in [1.165, 1.54) is 28.4 Å². The van der Waals surface area contributed by atoms with Gasteiger partial charge in [0.25, 0.3) is 5.91 Å². The van der Waals surface area contributed by atoms with E-state index in [0.29, 0.717) is 17.1 Å². The summed E-state index contributed by atoms with van der Waals surface area (Å²) in [6.45, 7) is 1.79. The van der Waals surface area contributed by atoms with Crippen LogP contribution in [-0.4, -0.2) is 39.7 Å². The lowest BCUT2D eigenvalue weighted by Crippen LogP contribution is -2.42. The SMILES string of the molecule is Cc1ccc(N2C(=O)C3C(C2=O)[C@@H]2C[C@H]3C3Sc4[nH]c(=O)sc4[C@H](c4ccc(OCC(=O)Nc5ccc(O)cc5)cc4)C32)cc1. The average molecular weight is 640 g/mol. The van der Waals surface area contributed by atoms with Crippen LogP contribution in [0.5, 0.6) is 11.5 Å². The molecule has 11 heteroatoms. The highest BCUT2D eigenvalue weighted by Gasteiger charge is 2.69. The third kappa shape index (κ3) is 4.59. The van der Waals surface area contributed by atoms with E-state index < -0.39 is 0 Å². The lowest BCUT2D eigenvalue weighted by atomic mass is 9.68. The fraction of sp³-hybridized carbons (Fsp3) is 0.294. The van der Waals surface area contributed by atoms with Crippen molar-refractivity contribution in [3.8, 4) is 11.5 Å². The molecular weight excluding hydrogens is 611 g/mol. The molecule has 2 bridgehead atoms. The molecule has 0 radical (unpaired) electrons. The Morgan fingerprint density at radius 1 is 0.956 bits per heavy atom. The maximum atomic E-state index is 13.9. The maximum absolute atomic E-state index is 13.9. The van der Waals surface area contributed by atoms with Crippen LogP contribution in [0.15, 0.2) is 82.6 Å². The van der Waals surface area contributed by atoms with Crippen LogP contribution >= 0.6 is 23.1 Å². The zero-order chi connectivity index (χ0) is 31.0. The van der Waals surface area contributed by atoms with Crippen molar-refractivity contribution in [2.24, 2.45) is 29.6 Å². The van der Waals surface area contributed by atoms with Crippen LogP contribution in [0.1, 0.15) is 28.3 Å². The molecule has 4 aromatic rings. The van der Waals surface area contributed by atoms with Gasteiger partial charge in [0.15, 0.2) is 6.61 Å². The predicted molar refractivity (Wildman–Crippen MR) is 171 cm³/mol. The van der Waals surface area contributed by atoms with Gasteiger partial charge in [-0.15, -0.1) is 11.8 Å². The van der Waals surface area contributed by atoms with E-state index >= 15 is 0 Å². The number of phenols is 1. The number of thioether (sulfide) groups is 1. The van der Waals surface area contributed by atoms with E-state index in [1.54, 1.807) is 23.9 Å². The number of carbonyl (C=O) groups is 3. The number of rotatable bonds is 6. The number of thiazole rings is 1. The Kier molecular flexibility index (Phi) is 6.65. The number of carbonyl (C=O) groups excluding carboxylic acids is 3. The van der Waals surface area contributed by atoms with Crippen LogP contribution in [0.4, 0.5) is 11.4 Å². The van der Waals surface area contributed by atoms with E-state index in [2.05, 4.69) is 10.3 Å². The number of nitrogens with one attached hydrogen (secondary N) is 2. The number of amides is 3. The number of H-pyrrole nitrogens is 1. The standard InChI is InChI=1S/C34H29N3O6S2/c1-16-2-8-19(9-3-16)37-32(40)27-22-14-23(28(27)33(37)41)29-26(22)25(30-31(44-29)36-34(42)45-30)17-4-12-21(13-5-17)43-15-24(39)35-18-6-10-20(38)11-7-18/h2-13,22-23,25-29,38H,14-15H2,1H3,(H,35,39)(H,36,42)/t22-,23-,25-,26?,27?,28?,29?/m1/s1. The number of anilines is 2. The molecule has 1 saturated heterocycles. The minimum absolute atomic E-state index is 0.0271. The Bertz CT molecular complexity index is 1880. The van der Waals surface area contributed by atoms with Gasteiger partial charge in [-0.3, -0.25) is 24.1 Å². The summed E-state index contributed by atoms with van der Waals surface area (Å²) in [5.74, 6) is -0.518. The van der Waals surface area contributed by atoms with Crippen LogP contribution in [0, 0.1) is 36.5 Å². The molecule has 228 valence electrons. The van der Waals surface area contributed by atoms with Crippen molar-refractivity contribution in [3.05, 3.63) is 98.5 Å². The maximum Gasteiger partial charge on any atom is 0.305 e. The second-order valence-electron chi connectivity index (χ2n) is 12.3. The Morgan fingerprint density at radius 2 is 1.64 bits per heavy atom. The van der Waals surface area contributed by atoms with Gasteiger partial charge in [-0.2, -0.15) is 0 Å². The molecule has 4 aliphatic rings. The van der Waals surface area contributed by atoms with E-state index in [1.807, 2.05) is 55.5 Å². The molecule has 9 nitrogen and oxygen atoms in total. The van der Waals surface area contributed by atoms with Crippen molar-refractivity contribution >= 4 is 52.2 Å². The van der Waals surface area contributed by atoms with Crippen molar-refractivity contribution in [2.45, 2.75) is 29.5 Å². The minimum Gasteiger partial charge on any atom is -0.508 e. The summed E-state index contributed by atoms with van der Waals surface area (Å²) in [5.41, 5.74) is 3.27. The number of aromatic hydroxyl groups is 1. The Balaban J connectivity index is 1.05. The zero-order valence-electron chi connectivity index (χ0n) is 24.1. The molecule has 3 fully saturated rings. The lowest BCUT2D eigenvalue weighted by Gasteiger charge is -2.43. The number of phenolic OH excluding ortho intramolecular Hbond substituents is 1. The van der Waals surface area contributed by atoms with Crippen molar-refractivity contribution in [3.63, 3.8) is 0 Å². The average Bonchev–Trinajstić information content (AvgIpc) is 3.77. The zero-order valence-corrected chi connectivity index (χ0v) is 25.8. The minimum atomic E-state index is -0.361. The molecule has 7 atom stereocenters. The fourth-order valence-corrected chi connectivity index (χ4v) is 10.9. The fourth-order valence-electron chi connectivity index (χ4n) is 8.00. The van der Waals surface area contributed by atoms with Gasteiger partial charge in [-0.05, 0) is 85.2 Å². The van der Waals surface area contributed by atoms with E-state index in [-0.39, 0.29) is 75.7 Å². The molecule has 3 N–H and O–H groups in total. The molecule has 4 unspecified atom stereocenters. The molecule has 45 heavy (non-hydrogen) atoms. The molecule has 3 heterocycles. The van der Waals surface area contributed by atoms with E-state index in [0.717, 1.165) is 27.5 Å². The van der Waals surface area contributed by atoms with Gasteiger partial charge >= 0.3 is 4.87 Å². The first-order valence-electron chi connectivity index (χ1n) is 14.9. The molecule has 1 aromatic heterocycles. The second kappa shape index (κ2) is 10.6. The topological polar surface area (TPSA) is 129 Å². The third-order valence-electron chi connectivity index (χ3n) is 9.78. The van der Waals surface area contributed by atoms with Crippen LogP contribution in [0.2, 0.25) is 0 Å². The highest BCUT2D eigenvalue weighted by Crippen LogP contribution is 2.68. The van der Waals surface area contributed by atoms with Gasteiger partial charge in [0, 0.05) is 21.7 Å². The lowest BCUT2D eigenvalue weighted by molar-refractivity contribution is -0.123. The van der Waals surface area contributed by atoms with Gasteiger partial charge in [0.1, 0.15) is 11.5 Å². The van der Waals surface area contributed by atoms with E-state index in [4.69, 9.17) is 4.74 Å². The summed E-state index contributed by atoms with van der Waals surface area (Å²) in [7, 11) is 0. The largest absolute Gasteiger partial charge is 0.508 e. The summed E-state index contributed by atoms with van der Waals surface area (Å²) < 4.78 is 5.75. The van der Waals surface area contributed by atoms with Crippen molar-refractivity contribution in [1.29, 1.82) is 0 Å². The molecule has 2 aliphatic carbocycles. The first-order valence-corrected chi connectivity index (χ1v) is 16.6. The van der Waals surface area contributed by atoms with Crippen molar-refractivity contribution in [2.75, 3.05) is 16.8 Å². The van der Waals surface area contributed by atoms with Crippen LogP contribution < -0.4 is 19.8 Å². The quantitative estimate of drug-likeness (QED) is 0.197. The monoisotopic (exact) mass is 639 g/mol.